The molecule has 3 heterocycles. The van der Waals surface area contributed by atoms with Crippen LogP contribution in [0.25, 0.3) is 16.8 Å². The minimum absolute atomic E-state index is 0.0954. The Labute approximate surface area is 218 Å². The molecule has 1 saturated heterocycles. The number of aromatic amines is 1. The number of hydrogen-bond donors (Lipinski definition) is 2. The van der Waals surface area contributed by atoms with Crippen molar-refractivity contribution < 1.29 is 28.9 Å². The molecule has 10 heteroatoms. The van der Waals surface area contributed by atoms with Crippen molar-refractivity contribution in [3.8, 4) is 17.2 Å². The molecule has 2 aromatic heterocycles. The van der Waals surface area contributed by atoms with Crippen molar-refractivity contribution >= 4 is 34.4 Å². The van der Waals surface area contributed by atoms with Crippen LogP contribution in [0.1, 0.15) is 28.3 Å². The predicted octanol–water partition coefficient (Wildman–Crippen LogP) is 4.23. The van der Waals surface area contributed by atoms with Crippen molar-refractivity contribution in [1.82, 2.24) is 15.0 Å². The summed E-state index contributed by atoms with van der Waals surface area (Å²) in [5.41, 5.74) is 3.45. The van der Waals surface area contributed by atoms with Gasteiger partial charge in [-0.05, 0) is 42.7 Å². The van der Waals surface area contributed by atoms with Gasteiger partial charge in [0.2, 0.25) is 5.95 Å². The number of aryl methyl sites for hydroxylation is 2. The van der Waals surface area contributed by atoms with Gasteiger partial charge >= 0.3 is 5.91 Å². The summed E-state index contributed by atoms with van der Waals surface area (Å²) in [6.45, 7) is 3.72. The van der Waals surface area contributed by atoms with Crippen molar-refractivity contribution in [1.29, 1.82) is 0 Å². The lowest BCUT2D eigenvalue weighted by Crippen LogP contribution is -2.30. The van der Waals surface area contributed by atoms with E-state index in [1.807, 2.05) is 19.9 Å². The smallest absolute Gasteiger partial charge is 0.302 e. The number of hydrogen-bond acceptors (Lipinski definition) is 8. The Morgan fingerprint density at radius 3 is 2.42 bits per heavy atom. The quantitative estimate of drug-likeness (QED) is 0.222. The molecular weight excluding hydrogens is 488 g/mol. The zero-order valence-electron chi connectivity index (χ0n) is 21.5. The number of carbonyl (C=O) groups excluding carboxylic acids is 2. The second-order valence-electron chi connectivity index (χ2n) is 8.90. The summed E-state index contributed by atoms with van der Waals surface area (Å²) in [5.74, 6) is -0.573. The van der Waals surface area contributed by atoms with Crippen LogP contribution < -0.4 is 19.1 Å². The molecule has 1 fully saturated rings. The highest BCUT2D eigenvalue weighted by atomic mass is 16.5. The molecular formula is C28H26N4O6. The fourth-order valence-corrected chi connectivity index (χ4v) is 4.89. The van der Waals surface area contributed by atoms with Crippen LogP contribution in [0, 0.1) is 13.8 Å². The summed E-state index contributed by atoms with van der Waals surface area (Å²) in [6.07, 6.45) is 3.13. The van der Waals surface area contributed by atoms with Crippen LogP contribution in [-0.2, 0) is 9.59 Å². The summed E-state index contributed by atoms with van der Waals surface area (Å²) in [4.78, 5) is 40.1. The molecule has 2 aromatic carbocycles. The molecule has 4 aromatic rings. The van der Waals surface area contributed by atoms with E-state index < -0.39 is 17.7 Å². The van der Waals surface area contributed by atoms with Gasteiger partial charge in [0.25, 0.3) is 5.78 Å². The number of fused-ring (bicyclic) bond motifs is 1. The van der Waals surface area contributed by atoms with Crippen molar-refractivity contribution in [3.63, 3.8) is 0 Å². The number of aliphatic hydroxyl groups is 1. The van der Waals surface area contributed by atoms with Gasteiger partial charge in [-0.1, -0.05) is 12.1 Å². The minimum atomic E-state index is -1.00. The van der Waals surface area contributed by atoms with E-state index in [9.17, 15) is 14.7 Å². The van der Waals surface area contributed by atoms with E-state index in [2.05, 4.69) is 15.0 Å². The van der Waals surface area contributed by atoms with Gasteiger partial charge in [-0.3, -0.25) is 19.5 Å². The Hall–Kier alpha value is -4.86. The Bertz CT molecular complexity index is 1570. The van der Waals surface area contributed by atoms with Crippen LogP contribution in [0.2, 0.25) is 0 Å². The molecule has 0 saturated carbocycles. The lowest BCUT2D eigenvalue weighted by molar-refractivity contribution is -0.132. The van der Waals surface area contributed by atoms with Crippen molar-refractivity contribution in [2.45, 2.75) is 19.9 Å². The molecule has 0 bridgehead atoms. The molecule has 0 aliphatic carbocycles. The number of nitrogens with zero attached hydrogens (tertiary/aromatic N) is 3. The highest BCUT2D eigenvalue weighted by molar-refractivity contribution is 6.51. The Morgan fingerprint density at radius 1 is 1.03 bits per heavy atom. The van der Waals surface area contributed by atoms with Crippen molar-refractivity contribution in [2.24, 2.45) is 0 Å². The molecule has 5 rings (SSSR count). The average Bonchev–Trinajstić information content (AvgIpc) is 3.44. The van der Waals surface area contributed by atoms with E-state index in [4.69, 9.17) is 14.2 Å². The number of benzene rings is 2. The maximum Gasteiger partial charge on any atom is 0.302 e. The summed E-state index contributed by atoms with van der Waals surface area (Å²) in [7, 11) is 4.52. The van der Waals surface area contributed by atoms with E-state index in [0.29, 0.717) is 39.4 Å². The zero-order chi connectivity index (χ0) is 27.1. The molecule has 1 aliphatic heterocycles. The lowest BCUT2D eigenvalue weighted by Gasteiger charge is -2.23. The molecule has 1 aliphatic rings. The van der Waals surface area contributed by atoms with Crippen LogP contribution >= 0.6 is 0 Å². The number of pyridine rings is 1. The second kappa shape index (κ2) is 9.55. The fourth-order valence-electron chi connectivity index (χ4n) is 4.89. The molecule has 1 amide bonds. The number of rotatable bonds is 6. The van der Waals surface area contributed by atoms with Gasteiger partial charge in [-0.25, -0.2) is 4.98 Å². The van der Waals surface area contributed by atoms with Crippen LogP contribution in [0.5, 0.6) is 17.2 Å². The monoisotopic (exact) mass is 514 g/mol. The van der Waals surface area contributed by atoms with Crippen molar-refractivity contribution in [2.75, 3.05) is 26.2 Å². The number of Topliss-reactive ketones (excluding diaryl/α,β-unsaturated/α-hetero) is 1. The number of aromatic nitrogens is 3. The third-order valence-corrected chi connectivity index (χ3v) is 6.53. The largest absolute Gasteiger partial charge is 0.507 e. The van der Waals surface area contributed by atoms with Gasteiger partial charge in [0, 0.05) is 24.5 Å². The summed E-state index contributed by atoms with van der Waals surface area (Å²) < 4.78 is 16.3. The predicted molar refractivity (Wildman–Crippen MR) is 141 cm³/mol. The number of H-pyrrole nitrogens is 1. The lowest BCUT2D eigenvalue weighted by atomic mass is 9.94. The summed E-state index contributed by atoms with van der Waals surface area (Å²) in [6, 6.07) is 9.42. The molecule has 0 spiro atoms. The molecule has 1 unspecified atom stereocenters. The highest BCUT2D eigenvalue weighted by Crippen LogP contribution is 2.44. The molecule has 194 valence electrons. The van der Waals surface area contributed by atoms with Gasteiger partial charge in [0.1, 0.15) is 11.5 Å². The van der Waals surface area contributed by atoms with Gasteiger partial charge in [-0.2, -0.15) is 0 Å². The SMILES string of the molecule is COc1cc2nc(N3C(=O)C(=O)/C(=C(/O)c4cc(C)cc(C)c4OC)C3c3cccnc3)[nH]c2cc1OC. The Balaban J connectivity index is 1.75. The minimum Gasteiger partial charge on any atom is -0.507 e. The van der Waals surface area contributed by atoms with E-state index in [1.165, 1.54) is 26.2 Å². The topological polar surface area (TPSA) is 127 Å². The van der Waals surface area contributed by atoms with Gasteiger partial charge in [0.15, 0.2) is 11.5 Å². The molecule has 1 atom stereocenters. The van der Waals surface area contributed by atoms with Gasteiger partial charge in [0.05, 0.1) is 49.5 Å². The number of ketones is 1. The van der Waals surface area contributed by atoms with Crippen LogP contribution in [0.15, 0.2) is 54.4 Å². The van der Waals surface area contributed by atoms with Crippen molar-refractivity contribution in [3.05, 3.63) is 76.6 Å². The Kier molecular flexibility index (Phi) is 6.23. The van der Waals surface area contributed by atoms with E-state index in [-0.39, 0.29) is 17.3 Å². The molecule has 0 radical (unpaired) electrons. The van der Waals surface area contributed by atoms with Gasteiger partial charge in [-0.15, -0.1) is 0 Å². The van der Waals surface area contributed by atoms with E-state index in [0.717, 1.165) is 11.1 Å². The number of nitrogens with one attached hydrogen (secondary N) is 1. The number of methoxy groups -OCH3 is 3. The first kappa shape index (κ1) is 24.8. The normalized spacial score (nSPS) is 16.8. The Morgan fingerprint density at radius 2 is 1.76 bits per heavy atom. The number of anilines is 1. The second-order valence-corrected chi connectivity index (χ2v) is 8.90. The number of amides is 1. The number of ether oxygens (including phenoxy) is 3. The number of aliphatic hydroxyl groups excluding tert-OH is 1. The third kappa shape index (κ3) is 3.90. The average molecular weight is 515 g/mol. The highest BCUT2D eigenvalue weighted by Gasteiger charge is 2.48. The number of imidazole rings is 1. The maximum absolute atomic E-state index is 13.5. The van der Waals surface area contributed by atoms with Crippen LogP contribution in [0.4, 0.5) is 5.95 Å². The zero-order valence-corrected chi connectivity index (χ0v) is 21.5. The van der Waals surface area contributed by atoms with E-state index in [1.54, 1.807) is 42.7 Å². The maximum atomic E-state index is 13.5. The number of carbonyl (C=O) groups is 2. The van der Waals surface area contributed by atoms with Gasteiger partial charge < -0.3 is 24.3 Å². The first-order valence-electron chi connectivity index (χ1n) is 11.8. The van der Waals surface area contributed by atoms with Crippen LogP contribution in [-0.4, -0.2) is 53.1 Å². The van der Waals surface area contributed by atoms with Crippen LogP contribution in [0.3, 0.4) is 0 Å². The molecule has 2 N–H and O–H groups in total. The fraction of sp³-hybridized carbons (Fsp3) is 0.214. The standard InChI is InChI=1S/C28H26N4O6/c1-14-9-15(2)26(38-5)17(10-14)24(33)22-23(16-7-6-8-29-13-16)32(27(35)25(22)34)28-30-18-11-20(36-3)21(37-4)12-19(18)31-28/h6-13,23,33H,1-5H3,(H,30,31)/b24-22+. The third-order valence-electron chi connectivity index (χ3n) is 6.53. The summed E-state index contributed by atoms with van der Waals surface area (Å²) >= 11 is 0. The first-order chi connectivity index (χ1) is 18.3. The summed E-state index contributed by atoms with van der Waals surface area (Å²) in [5, 5.41) is 11.6. The van der Waals surface area contributed by atoms with E-state index >= 15 is 0 Å². The molecule has 38 heavy (non-hydrogen) atoms. The first-order valence-corrected chi connectivity index (χ1v) is 11.8. The molecule has 10 nitrogen and oxygen atoms in total.